The predicted octanol–water partition coefficient (Wildman–Crippen LogP) is 3.93. The Kier molecular flexibility index (Phi) is 4.59. The Morgan fingerprint density at radius 1 is 1.25 bits per heavy atom. The van der Waals surface area contributed by atoms with Gasteiger partial charge in [0.05, 0.1) is 13.5 Å². The Morgan fingerprint density at radius 2 is 1.95 bits per heavy atom. The normalized spacial score (nSPS) is 11.6. The minimum atomic E-state index is -4.13. The fourth-order valence-electron chi connectivity index (χ4n) is 1.59. The van der Waals surface area contributed by atoms with Gasteiger partial charge in [0.25, 0.3) is 0 Å². The third-order valence-corrected chi connectivity index (χ3v) is 3.54. The van der Waals surface area contributed by atoms with E-state index >= 15 is 0 Å². The zero-order valence-corrected chi connectivity index (χ0v) is 11.5. The number of nitrogens with zero attached hydrogens (tertiary/aromatic N) is 2. The van der Waals surface area contributed by atoms with Crippen molar-refractivity contribution in [3.8, 4) is 11.4 Å². The molecule has 0 fully saturated rings. The van der Waals surface area contributed by atoms with Gasteiger partial charge in [-0.3, -0.25) is 4.57 Å². The van der Waals surface area contributed by atoms with Gasteiger partial charge in [-0.2, -0.15) is 13.2 Å². The third-order valence-electron chi connectivity index (χ3n) is 2.57. The van der Waals surface area contributed by atoms with Gasteiger partial charge < -0.3 is 4.74 Å². The maximum Gasteiger partial charge on any atom is 0.389 e. The van der Waals surface area contributed by atoms with Crippen molar-refractivity contribution in [2.45, 2.75) is 17.8 Å². The molecule has 108 valence electrons. The van der Waals surface area contributed by atoms with E-state index in [2.05, 4.69) is 4.98 Å². The van der Waals surface area contributed by atoms with Crippen molar-refractivity contribution in [3.05, 3.63) is 36.7 Å². The molecule has 0 aliphatic rings. The number of rotatable bonds is 5. The minimum Gasteiger partial charge on any atom is -0.497 e. The van der Waals surface area contributed by atoms with Crippen molar-refractivity contribution in [2.24, 2.45) is 0 Å². The van der Waals surface area contributed by atoms with Crippen molar-refractivity contribution in [2.75, 3.05) is 12.9 Å². The van der Waals surface area contributed by atoms with Crippen molar-refractivity contribution in [1.29, 1.82) is 0 Å². The molecule has 1 heterocycles. The second kappa shape index (κ2) is 6.21. The molecule has 3 nitrogen and oxygen atoms in total. The summed E-state index contributed by atoms with van der Waals surface area (Å²) in [6.45, 7) is 0. The minimum absolute atomic E-state index is 0.0450. The summed E-state index contributed by atoms with van der Waals surface area (Å²) in [4.78, 5) is 4.08. The van der Waals surface area contributed by atoms with Gasteiger partial charge >= 0.3 is 6.18 Å². The Balaban J connectivity index is 2.07. The molecule has 0 aliphatic carbocycles. The highest BCUT2D eigenvalue weighted by molar-refractivity contribution is 7.99. The predicted molar refractivity (Wildman–Crippen MR) is 71.5 cm³/mol. The van der Waals surface area contributed by atoms with Crippen LogP contribution in [-0.2, 0) is 0 Å². The fraction of sp³-hybridized carbons (Fsp3) is 0.308. The van der Waals surface area contributed by atoms with Crippen LogP contribution in [0.2, 0.25) is 0 Å². The maximum absolute atomic E-state index is 12.1. The monoisotopic (exact) mass is 302 g/mol. The highest BCUT2D eigenvalue weighted by Gasteiger charge is 2.26. The van der Waals surface area contributed by atoms with Crippen LogP contribution in [0.1, 0.15) is 6.42 Å². The van der Waals surface area contributed by atoms with Crippen molar-refractivity contribution in [1.82, 2.24) is 9.55 Å². The molecule has 7 heteroatoms. The molecule has 0 unspecified atom stereocenters. The van der Waals surface area contributed by atoms with Crippen LogP contribution in [0.4, 0.5) is 13.2 Å². The smallest absolute Gasteiger partial charge is 0.389 e. The number of ether oxygens (including phenoxy) is 1. The van der Waals surface area contributed by atoms with Crippen LogP contribution in [0.15, 0.2) is 41.8 Å². The summed E-state index contributed by atoms with van der Waals surface area (Å²) in [6.07, 6.45) is -1.67. The summed E-state index contributed by atoms with van der Waals surface area (Å²) < 4.78 is 43.2. The van der Waals surface area contributed by atoms with Crippen LogP contribution in [-0.4, -0.2) is 28.6 Å². The first-order chi connectivity index (χ1) is 9.49. The summed E-state index contributed by atoms with van der Waals surface area (Å²) in [5.41, 5.74) is 0.831. The molecular weight excluding hydrogens is 289 g/mol. The van der Waals surface area contributed by atoms with Crippen molar-refractivity contribution < 1.29 is 17.9 Å². The first-order valence-electron chi connectivity index (χ1n) is 5.87. The van der Waals surface area contributed by atoms with Gasteiger partial charge in [-0.25, -0.2) is 4.98 Å². The van der Waals surface area contributed by atoms with Gasteiger partial charge in [-0.15, -0.1) is 0 Å². The molecule has 2 aromatic rings. The van der Waals surface area contributed by atoms with Gasteiger partial charge in [0.2, 0.25) is 0 Å². The molecular formula is C13H13F3N2OS. The summed E-state index contributed by atoms with van der Waals surface area (Å²) in [5.74, 6) is 0.677. The Hall–Kier alpha value is -1.63. The molecule has 1 aromatic heterocycles. The topological polar surface area (TPSA) is 27.1 Å². The van der Waals surface area contributed by atoms with E-state index in [-0.39, 0.29) is 5.75 Å². The molecule has 2 rings (SSSR count). The summed E-state index contributed by atoms with van der Waals surface area (Å²) >= 11 is 1.09. The number of imidazole rings is 1. The highest BCUT2D eigenvalue weighted by Crippen LogP contribution is 2.27. The number of thioether (sulfide) groups is 1. The lowest BCUT2D eigenvalue weighted by molar-refractivity contribution is -0.129. The van der Waals surface area contributed by atoms with E-state index in [0.717, 1.165) is 23.2 Å². The number of hydrogen-bond donors (Lipinski definition) is 0. The van der Waals surface area contributed by atoms with E-state index in [1.54, 1.807) is 36.2 Å². The van der Waals surface area contributed by atoms with Gasteiger partial charge in [0.1, 0.15) is 5.75 Å². The lowest BCUT2D eigenvalue weighted by atomic mass is 10.3. The zero-order valence-electron chi connectivity index (χ0n) is 10.7. The Morgan fingerprint density at radius 3 is 2.55 bits per heavy atom. The molecule has 0 N–H and O–H groups in total. The molecule has 0 saturated heterocycles. The average molecular weight is 302 g/mol. The highest BCUT2D eigenvalue weighted by atomic mass is 32.2. The third kappa shape index (κ3) is 3.93. The van der Waals surface area contributed by atoms with Gasteiger partial charge in [0, 0.05) is 23.8 Å². The van der Waals surface area contributed by atoms with E-state index in [1.165, 1.54) is 0 Å². The maximum atomic E-state index is 12.1. The van der Waals surface area contributed by atoms with Crippen LogP contribution < -0.4 is 4.74 Å². The van der Waals surface area contributed by atoms with E-state index in [0.29, 0.717) is 5.16 Å². The molecule has 0 aliphatic heterocycles. The number of halogens is 3. The van der Waals surface area contributed by atoms with Crippen LogP contribution in [0.3, 0.4) is 0 Å². The zero-order chi connectivity index (χ0) is 14.6. The van der Waals surface area contributed by atoms with E-state index in [4.69, 9.17) is 4.74 Å². The lowest BCUT2D eigenvalue weighted by Gasteiger charge is -2.09. The van der Waals surface area contributed by atoms with E-state index in [1.807, 2.05) is 12.1 Å². The quantitative estimate of drug-likeness (QED) is 0.783. The van der Waals surface area contributed by atoms with Gasteiger partial charge in [0.15, 0.2) is 5.16 Å². The summed E-state index contributed by atoms with van der Waals surface area (Å²) in [6, 6.07) is 7.24. The van der Waals surface area contributed by atoms with E-state index in [9.17, 15) is 13.2 Å². The first-order valence-corrected chi connectivity index (χ1v) is 6.85. The van der Waals surface area contributed by atoms with Crippen molar-refractivity contribution >= 4 is 11.8 Å². The fourth-order valence-corrected chi connectivity index (χ4v) is 2.55. The first kappa shape index (κ1) is 14.8. The largest absolute Gasteiger partial charge is 0.497 e. The SMILES string of the molecule is COc1ccc(-n2ccnc2SCCC(F)(F)F)cc1. The molecule has 0 spiro atoms. The molecule has 0 amide bonds. The molecule has 0 radical (unpaired) electrons. The van der Waals surface area contributed by atoms with Crippen LogP contribution >= 0.6 is 11.8 Å². The molecule has 0 saturated carbocycles. The van der Waals surface area contributed by atoms with Gasteiger partial charge in [-0.1, -0.05) is 11.8 Å². The number of alkyl halides is 3. The van der Waals surface area contributed by atoms with Crippen molar-refractivity contribution in [3.63, 3.8) is 0 Å². The average Bonchev–Trinajstić information content (AvgIpc) is 2.86. The second-order valence-corrected chi connectivity index (χ2v) is 5.05. The number of methoxy groups -OCH3 is 1. The molecule has 20 heavy (non-hydrogen) atoms. The lowest BCUT2D eigenvalue weighted by Crippen LogP contribution is -2.08. The second-order valence-electron chi connectivity index (χ2n) is 3.99. The number of benzene rings is 1. The number of hydrogen-bond acceptors (Lipinski definition) is 3. The molecule has 0 bridgehead atoms. The number of aromatic nitrogens is 2. The Labute approximate surface area is 118 Å². The van der Waals surface area contributed by atoms with Crippen LogP contribution in [0.5, 0.6) is 5.75 Å². The van der Waals surface area contributed by atoms with Gasteiger partial charge in [-0.05, 0) is 24.3 Å². The van der Waals surface area contributed by atoms with E-state index < -0.39 is 12.6 Å². The molecule has 0 atom stereocenters. The standard InChI is InChI=1S/C13H13F3N2OS/c1-19-11-4-2-10(3-5-11)18-8-7-17-12(18)20-9-6-13(14,15)16/h2-5,7-8H,6,9H2,1H3. The van der Waals surface area contributed by atoms with Crippen LogP contribution in [0.25, 0.3) is 5.69 Å². The summed E-state index contributed by atoms with van der Waals surface area (Å²) in [7, 11) is 1.57. The molecule has 1 aromatic carbocycles. The van der Waals surface area contributed by atoms with Crippen LogP contribution in [0, 0.1) is 0 Å². The summed E-state index contributed by atoms with van der Waals surface area (Å²) in [5, 5.41) is 0.541. The Bertz CT molecular complexity index is 551.